The Kier molecular flexibility index (Phi) is 3.01. The second-order valence-corrected chi connectivity index (χ2v) is 2.96. The summed E-state index contributed by atoms with van der Waals surface area (Å²) < 4.78 is 4.43. The molecule has 76 valence electrons. The first kappa shape index (κ1) is 10.4. The third kappa shape index (κ3) is 1.99. The molecule has 1 N–H and O–H groups in total. The number of carbonyl (C=O) groups excluding carboxylic acids is 3. The summed E-state index contributed by atoms with van der Waals surface area (Å²) in [5.41, 5.74) is 0.763. The number of carbonyl (C=O) groups is 3. The summed E-state index contributed by atoms with van der Waals surface area (Å²) >= 11 is 0. The fourth-order valence-electron chi connectivity index (χ4n) is 1.21. The Morgan fingerprint density at radius 1 is 1.36 bits per heavy atom. The number of imide groups is 1. The largest absolute Gasteiger partial charge is 0.469 e. The fraction of sp³-hybridized carbons (Fsp3) is 0.444. The van der Waals surface area contributed by atoms with Gasteiger partial charge in [-0.2, -0.15) is 0 Å². The van der Waals surface area contributed by atoms with Gasteiger partial charge in [-0.15, -0.1) is 0 Å². The van der Waals surface area contributed by atoms with Crippen molar-refractivity contribution < 1.29 is 19.1 Å². The monoisotopic (exact) mass is 197 g/mol. The van der Waals surface area contributed by atoms with Crippen molar-refractivity contribution in [2.45, 2.75) is 19.8 Å². The van der Waals surface area contributed by atoms with Crippen molar-refractivity contribution in [3.8, 4) is 0 Å². The van der Waals surface area contributed by atoms with Gasteiger partial charge in [0, 0.05) is 17.6 Å². The van der Waals surface area contributed by atoms with E-state index in [1.807, 2.05) is 0 Å². The van der Waals surface area contributed by atoms with Crippen molar-refractivity contribution in [3.05, 3.63) is 11.1 Å². The van der Waals surface area contributed by atoms with E-state index in [1.54, 1.807) is 6.92 Å². The van der Waals surface area contributed by atoms with Crippen molar-refractivity contribution in [2.24, 2.45) is 0 Å². The molecule has 2 amide bonds. The van der Waals surface area contributed by atoms with Gasteiger partial charge in [0.2, 0.25) is 0 Å². The number of ether oxygens (including phenoxy) is 1. The summed E-state index contributed by atoms with van der Waals surface area (Å²) in [4.78, 5) is 33.0. The minimum absolute atomic E-state index is 0.115. The molecule has 0 fully saturated rings. The zero-order valence-corrected chi connectivity index (χ0v) is 8.05. The first-order chi connectivity index (χ1) is 6.56. The van der Waals surface area contributed by atoms with Crippen LogP contribution in [0.2, 0.25) is 0 Å². The lowest BCUT2D eigenvalue weighted by molar-refractivity contribution is -0.140. The summed E-state index contributed by atoms with van der Waals surface area (Å²) in [6.45, 7) is 1.56. The Morgan fingerprint density at radius 3 is 2.43 bits per heavy atom. The first-order valence-corrected chi connectivity index (χ1v) is 4.18. The standard InChI is InChI=1S/C9H11NO4/c1-5-6(3-4-7(11)14-2)9(13)10-8(5)12/h3-4H2,1-2H3,(H,10,12,13). The molecule has 1 aliphatic rings. The number of rotatable bonds is 3. The lowest BCUT2D eigenvalue weighted by Crippen LogP contribution is -2.23. The van der Waals surface area contributed by atoms with E-state index in [1.165, 1.54) is 7.11 Å². The zero-order valence-electron chi connectivity index (χ0n) is 8.05. The third-order valence-corrected chi connectivity index (χ3v) is 2.10. The Labute approximate surface area is 81.1 Å². The highest BCUT2D eigenvalue weighted by molar-refractivity contribution is 6.19. The maximum atomic E-state index is 11.2. The molecule has 0 aromatic rings. The Bertz CT molecular complexity index is 330. The van der Waals surface area contributed by atoms with Gasteiger partial charge in [0.15, 0.2) is 0 Å². The normalized spacial score (nSPS) is 15.9. The summed E-state index contributed by atoms with van der Waals surface area (Å²) in [6, 6.07) is 0. The summed E-state index contributed by atoms with van der Waals surface area (Å²) in [7, 11) is 1.28. The molecular weight excluding hydrogens is 186 g/mol. The SMILES string of the molecule is COC(=O)CCC1=C(C)C(=O)NC1=O. The maximum absolute atomic E-state index is 11.2. The predicted octanol–water partition coefficient (Wildman–Crippen LogP) is -0.0875. The fourth-order valence-corrected chi connectivity index (χ4v) is 1.21. The van der Waals surface area contributed by atoms with Gasteiger partial charge in [0.25, 0.3) is 11.8 Å². The maximum Gasteiger partial charge on any atom is 0.305 e. The number of hydrogen-bond acceptors (Lipinski definition) is 4. The van der Waals surface area contributed by atoms with Crippen LogP contribution in [0.4, 0.5) is 0 Å². The molecule has 0 saturated carbocycles. The van der Waals surface area contributed by atoms with Gasteiger partial charge in [0.05, 0.1) is 7.11 Å². The molecular formula is C9H11NO4. The lowest BCUT2D eigenvalue weighted by Gasteiger charge is -1.99. The Balaban J connectivity index is 2.64. The van der Waals surface area contributed by atoms with Crippen LogP contribution in [0.5, 0.6) is 0 Å². The summed E-state index contributed by atoms with van der Waals surface area (Å²) in [6.07, 6.45) is 0.361. The van der Waals surface area contributed by atoms with Crippen LogP contribution in [0.15, 0.2) is 11.1 Å². The van der Waals surface area contributed by atoms with Crippen LogP contribution in [0.25, 0.3) is 0 Å². The third-order valence-electron chi connectivity index (χ3n) is 2.10. The molecule has 0 saturated heterocycles. The van der Waals surface area contributed by atoms with Gasteiger partial charge >= 0.3 is 5.97 Å². The van der Waals surface area contributed by atoms with Gasteiger partial charge in [0.1, 0.15) is 0 Å². The van der Waals surface area contributed by atoms with E-state index in [0.717, 1.165) is 0 Å². The van der Waals surface area contributed by atoms with E-state index in [-0.39, 0.29) is 18.7 Å². The molecule has 14 heavy (non-hydrogen) atoms. The average molecular weight is 197 g/mol. The van der Waals surface area contributed by atoms with Crippen molar-refractivity contribution >= 4 is 17.8 Å². The molecule has 5 heteroatoms. The second-order valence-electron chi connectivity index (χ2n) is 2.96. The van der Waals surface area contributed by atoms with E-state index in [4.69, 9.17) is 0 Å². The van der Waals surface area contributed by atoms with Crippen LogP contribution in [-0.2, 0) is 19.1 Å². The molecule has 0 aliphatic carbocycles. The molecule has 0 bridgehead atoms. The lowest BCUT2D eigenvalue weighted by atomic mass is 10.1. The number of methoxy groups -OCH3 is 1. The van der Waals surface area contributed by atoms with Gasteiger partial charge in [-0.3, -0.25) is 19.7 Å². The predicted molar refractivity (Wildman–Crippen MR) is 47.1 cm³/mol. The minimum Gasteiger partial charge on any atom is -0.469 e. The second kappa shape index (κ2) is 4.04. The summed E-state index contributed by atoms with van der Waals surface area (Å²) in [5.74, 6) is -1.18. The van der Waals surface area contributed by atoms with E-state index in [2.05, 4.69) is 10.1 Å². The van der Waals surface area contributed by atoms with Crippen molar-refractivity contribution in [2.75, 3.05) is 7.11 Å². The van der Waals surface area contributed by atoms with Gasteiger partial charge in [-0.05, 0) is 13.3 Å². The highest BCUT2D eigenvalue weighted by Gasteiger charge is 2.26. The van der Waals surface area contributed by atoms with Crippen molar-refractivity contribution in [1.29, 1.82) is 0 Å². The molecule has 0 radical (unpaired) electrons. The quantitative estimate of drug-likeness (QED) is 0.507. The van der Waals surface area contributed by atoms with Gasteiger partial charge < -0.3 is 4.74 Å². The van der Waals surface area contributed by atoms with Gasteiger partial charge in [-0.1, -0.05) is 0 Å². The molecule has 0 unspecified atom stereocenters. The highest BCUT2D eigenvalue weighted by atomic mass is 16.5. The van der Waals surface area contributed by atoms with Crippen molar-refractivity contribution in [1.82, 2.24) is 5.32 Å². The molecule has 1 aliphatic heterocycles. The van der Waals surface area contributed by atoms with Crippen LogP contribution in [0.1, 0.15) is 19.8 Å². The Hall–Kier alpha value is -1.65. The smallest absolute Gasteiger partial charge is 0.305 e. The zero-order chi connectivity index (χ0) is 10.7. The van der Waals surface area contributed by atoms with Crippen LogP contribution in [-0.4, -0.2) is 24.9 Å². The van der Waals surface area contributed by atoms with E-state index >= 15 is 0 Å². The topological polar surface area (TPSA) is 72.5 Å². The Morgan fingerprint density at radius 2 is 2.00 bits per heavy atom. The van der Waals surface area contributed by atoms with E-state index < -0.39 is 11.9 Å². The molecule has 0 spiro atoms. The van der Waals surface area contributed by atoms with Crippen LogP contribution >= 0.6 is 0 Å². The minimum atomic E-state index is -0.406. The van der Waals surface area contributed by atoms with Crippen LogP contribution < -0.4 is 5.32 Å². The van der Waals surface area contributed by atoms with Crippen molar-refractivity contribution in [3.63, 3.8) is 0 Å². The molecule has 1 heterocycles. The molecule has 0 atom stereocenters. The average Bonchev–Trinajstić information content (AvgIpc) is 2.39. The van der Waals surface area contributed by atoms with Gasteiger partial charge in [-0.25, -0.2) is 0 Å². The number of hydrogen-bond donors (Lipinski definition) is 1. The molecule has 0 aromatic carbocycles. The number of esters is 1. The number of amides is 2. The first-order valence-electron chi connectivity index (χ1n) is 4.18. The molecule has 5 nitrogen and oxygen atoms in total. The van der Waals surface area contributed by atoms with Crippen LogP contribution in [0.3, 0.4) is 0 Å². The van der Waals surface area contributed by atoms with E-state index in [9.17, 15) is 14.4 Å². The molecule has 1 rings (SSSR count). The van der Waals surface area contributed by atoms with Crippen LogP contribution in [0, 0.1) is 0 Å². The summed E-state index contributed by atoms with van der Waals surface area (Å²) in [5, 5.41) is 2.15. The van der Waals surface area contributed by atoms with E-state index in [0.29, 0.717) is 11.1 Å². The highest BCUT2D eigenvalue weighted by Crippen LogP contribution is 2.17. The number of nitrogens with one attached hydrogen (secondary N) is 1. The molecule has 0 aromatic heterocycles.